The van der Waals surface area contributed by atoms with Crippen LogP contribution in [0.4, 0.5) is 5.69 Å². The Morgan fingerprint density at radius 1 is 1.22 bits per heavy atom. The number of aromatic nitrogens is 3. The zero-order valence-corrected chi connectivity index (χ0v) is 13.5. The lowest BCUT2D eigenvalue weighted by molar-refractivity contribution is 0.199. The molecule has 1 aromatic carbocycles. The van der Waals surface area contributed by atoms with Crippen molar-refractivity contribution in [2.45, 2.75) is 33.7 Å². The van der Waals surface area contributed by atoms with E-state index in [0.717, 1.165) is 45.1 Å². The highest BCUT2D eigenvalue weighted by Crippen LogP contribution is 2.37. The van der Waals surface area contributed by atoms with Crippen LogP contribution in [0.1, 0.15) is 25.3 Å². The molecule has 3 aromatic rings. The summed E-state index contributed by atoms with van der Waals surface area (Å²) in [6.07, 6.45) is 3.79. The number of aromatic amines is 1. The van der Waals surface area contributed by atoms with Crippen molar-refractivity contribution in [2.24, 2.45) is 0 Å². The fraction of sp³-hybridized carbons (Fsp3) is 0.294. The summed E-state index contributed by atoms with van der Waals surface area (Å²) >= 11 is 0. The predicted octanol–water partition coefficient (Wildman–Crippen LogP) is 3.88. The normalized spacial score (nSPS) is 17.7. The number of hydrogen-bond donors (Lipinski definition) is 1. The molecule has 4 rings (SSSR count). The van der Waals surface area contributed by atoms with Crippen LogP contribution in [0.3, 0.4) is 0 Å². The minimum absolute atomic E-state index is 0.148. The van der Waals surface area contributed by atoms with Crippen molar-refractivity contribution in [1.82, 2.24) is 15.1 Å². The van der Waals surface area contributed by atoms with E-state index in [2.05, 4.69) is 40.3 Å². The van der Waals surface area contributed by atoms with Crippen molar-refractivity contribution in [3.05, 3.63) is 41.7 Å². The summed E-state index contributed by atoms with van der Waals surface area (Å²) in [6.45, 7) is 7.92. The molecule has 1 aliphatic rings. The molecule has 1 aliphatic heterocycles. The summed E-state index contributed by atoms with van der Waals surface area (Å²) in [7, 11) is 0. The maximum Gasteiger partial charge on any atom is 0.141 e. The molecule has 0 saturated carbocycles. The number of anilines is 1. The average molecular weight is 310 g/mol. The van der Waals surface area contributed by atoms with Crippen molar-refractivity contribution in [3.63, 3.8) is 0 Å². The van der Waals surface area contributed by atoms with Gasteiger partial charge in [-0.05, 0) is 51.5 Å². The SMILES string of the molecule is CC1=CC(C)N(c2cc(-c3c(C)noc3C)cc3[nH]cnc23)O1. The molecule has 6 nitrogen and oxygen atoms in total. The van der Waals surface area contributed by atoms with E-state index in [9.17, 15) is 0 Å². The van der Waals surface area contributed by atoms with Gasteiger partial charge in [0, 0.05) is 5.56 Å². The van der Waals surface area contributed by atoms with Crippen LogP contribution < -0.4 is 5.06 Å². The first-order valence-corrected chi connectivity index (χ1v) is 7.60. The van der Waals surface area contributed by atoms with Gasteiger partial charge in [-0.25, -0.2) is 10.0 Å². The van der Waals surface area contributed by atoms with Gasteiger partial charge in [0.2, 0.25) is 0 Å². The van der Waals surface area contributed by atoms with Crippen molar-refractivity contribution < 1.29 is 9.36 Å². The molecule has 1 unspecified atom stereocenters. The predicted molar refractivity (Wildman–Crippen MR) is 87.8 cm³/mol. The molecule has 0 aliphatic carbocycles. The van der Waals surface area contributed by atoms with Gasteiger partial charge in [-0.3, -0.25) is 0 Å². The molecule has 6 heteroatoms. The fourth-order valence-corrected chi connectivity index (χ4v) is 3.18. The number of H-pyrrole nitrogens is 1. The van der Waals surface area contributed by atoms with E-state index in [1.165, 1.54) is 0 Å². The van der Waals surface area contributed by atoms with Crippen LogP contribution >= 0.6 is 0 Å². The van der Waals surface area contributed by atoms with Gasteiger partial charge in [-0.1, -0.05) is 5.16 Å². The van der Waals surface area contributed by atoms with Gasteiger partial charge in [0.1, 0.15) is 22.7 Å². The zero-order valence-electron chi connectivity index (χ0n) is 13.5. The van der Waals surface area contributed by atoms with Crippen LogP contribution in [0.25, 0.3) is 22.2 Å². The van der Waals surface area contributed by atoms with Crippen molar-refractivity contribution in [1.29, 1.82) is 0 Å². The minimum atomic E-state index is 0.148. The van der Waals surface area contributed by atoms with E-state index in [1.807, 2.05) is 25.8 Å². The molecule has 0 radical (unpaired) electrons. The van der Waals surface area contributed by atoms with Crippen LogP contribution in [0.2, 0.25) is 0 Å². The van der Waals surface area contributed by atoms with Crippen LogP contribution in [0.5, 0.6) is 0 Å². The molecule has 0 spiro atoms. The maximum absolute atomic E-state index is 5.87. The standard InChI is InChI=1S/C17H18N4O2/c1-9-5-10(2)23-21(9)15-7-13(6-14-17(15)19-8-18-14)16-11(3)20-22-12(16)4/h5-9H,1-4H3,(H,18,19). The third-order valence-corrected chi connectivity index (χ3v) is 4.15. The van der Waals surface area contributed by atoms with Crippen LogP contribution in [0.15, 0.2) is 34.8 Å². The van der Waals surface area contributed by atoms with Gasteiger partial charge in [0.05, 0.1) is 23.6 Å². The topological polar surface area (TPSA) is 67.2 Å². The van der Waals surface area contributed by atoms with Gasteiger partial charge in [-0.15, -0.1) is 0 Å². The number of rotatable bonds is 2. The number of nitrogens with zero attached hydrogens (tertiary/aromatic N) is 3. The number of allylic oxidation sites excluding steroid dienone is 1. The van der Waals surface area contributed by atoms with E-state index in [1.54, 1.807) is 6.33 Å². The number of imidazole rings is 1. The minimum Gasteiger partial charge on any atom is -0.384 e. The van der Waals surface area contributed by atoms with Gasteiger partial charge < -0.3 is 14.3 Å². The third-order valence-electron chi connectivity index (χ3n) is 4.15. The van der Waals surface area contributed by atoms with Crippen molar-refractivity contribution in [2.75, 3.05) is 5.06 Å². The zero-order chi connectivity index (χ0) is 16.1. The Bertz CT molecular complexity index is 902. The number of aryl methyl sites for hydroxylation is 2. The van der Waals surface area contributed by atoms with Crippen LogP contribution in [-0.4, -0.2) is 21.2 Å². The second kappa shape index (κ2) is 4.87. The van der Waals surface area contributed by atoms with E-state index < -0.39 is 0 Å². The second-order valence-corrected chi connectivity index (χ2v) is 5.93. The summed E-state index contributed by atoms with van der Waals surface area (Å²) < 4.78 is 5.32. The van der Waals surface area contributed by atoms with Crippen molar-refractivity contribution in [3.8, 4) is 11.1 Å². The van der Waals surface area contributed by atoms with Crippen LogP contribution in [0, 0.1) is 13.8 Å². The molecule has 118 valence electrons. The lowest BCUT2D eigenvalue weighted by Gasteiger charge is -2.23. The molecule has 0 saturated heterocycles. The number of nitrogens with one attached hydrogen (secondary N) is 1. The van der Waals surface area contributed by atoms with E-state index in [-0.39, 0.29) is 6.04 Å². The van der Waals surface area contributed by atoms with Gasteiger partial charge >= 0.3 is 0 Å². The van der Waals surface area contributed by atoms with Crippen molar-refractivity contribution >= 4 is 16.7 Å². The smallest absolute Gasteiger partial charge is 0.141 e. The number of fused-ring (bicyclic) bond motifs is 1. The van der Waals surface area contributed by atoms with E-state index >= 15 is 0 Å². The molecule has 2 aromatic heterocycles. The molecule has 1 atom stereocenters. The highest BCUT2D eigenvalue weighted by molar-refractivity contribution is 5.93. The largest absolute Gasteiger partial charge is 0.384 e. The molecule has 23 heavy (non-hydrogen) atoms. The van der Waals surface area contributed by atoms with Gasteiger partial charge in [-0.2, -0.15) is 0 Å². The van der Waals surface area contributed by atoms with Gasteiger partial charge in [0.25, 0.3) is 0 Å². The monoisotopic (exact) mass is 310 g/mol. The quantitative estimate of drug-likeness (QED) is 0.778. The second-order valence-electron chi connectivity index (χ2n) is 5.93. The first kappa shape index (κ1) is 13.9. The summed E-state index contributed by atoms with van der Waals surface area (Å²) in [6, 6.07) is 4.30. The fourth-order valence-electron chi connectivity index (χ4n) is 3.18. The summed E-state index contributed by atoms with van der Waals surface area (Å²) in [5, 5.41) is 5.95. The Morgan fingerprint density at radius 2 is 2.04 bits per heavy atom. The van der Waals surface area contributed by atoms with E-state index in [0.29, 0.717) is 0 Å². The Kier molecular flexibility index (Phi) is 2.94. The Balaban J connectivity index is 1.92. The lowest BCUT2D eigenvalue weighted by Crippen LogP contribution is -2.26. The van der Waals surface area contributed by atoms with E-state index in [4.69, 9.17) is 9.36 Å². The summed E-state index contributed by atoms with van der Waals surface area (Å²) in [5.41, 5.74) is 5.69. The first-order valence-electron chi connectivity index (χ1n) is 7.60. The Hall–Kier alpha value is -2.76. The summed E-state index contributed by atoms with van der Waals surface area (Å²) in [5.74, 6) is 1.70. The molecule has 0 bridgehead atoms. The Morgan fingerprint density at radius 3 is 2.70 bits per heavy atom. The molecule has 1 N–H and O–H groups in total. The Labute approximate surface area is 133 Å². The highest BCUT2D eigenvalue weighted by atomic mass is 16.7. The molecule has 0 fully saturated rings. The number of benzene rings is 1. The molecular weight excluding hydrogens is 292 g/mol. The van der Waals surface area contributed by atoms with Crippen LogP contribution in [-0.2, 0) is 4.84 Å². The molecule has 0 amide bonds. The maximum atomic E-state index is 5.87. The average Bonchev–Trinajstić information content (AvgIpc) is 3.18. The third kappa shape index (κ3) is 2.10. The lowest BCUT2D eigenvalue weighted by atomic mass is 10.0. The molecule has 3 heterocycles. The summed E-state index contributed by atoms with van der Waals surface area (Å²) in [4.78, 5) is 13.5. The van der Waals surface area contributed by atoms with Gasteiger partial charge in [0.15, 0.2) is 0 Å². The molecular formula is C17H18N4O2. The number of hydrogen-bond acceptors (Lipinski definition) is 5. The highest BCUT2D eigenvalue weighted by Gasteiger charge is 2.26. The number of hydroxylamine groups is 1. The first-order chi connectivity index (χ1) is 11.0.